The molecule has 2 N–H and O–H groups in total. The average molecular weight is 396 g/mol. The molecule has 142 valence electrons. The standard InChI is InChI=1S/C21H18ClN3O3/c1-13(18-11-19(24-23-18)14-2-4-16(22)5-3-14)28-17-6-7-20-15(10-17)8-9-25(20)12-21(26)27/h2-11,13H,12H2,1H3,(H,23,24)(H,26,27). The summed E-state index contributed by atoms with van der Waals surface area (Å²) in [6.45, 7) is 1.88. The second-order valence-corrected chi connectivity index (χ2v) is 6.97. The highest BCUT2D eigenvalue weighted by molar-refractivity contribution is 6.30. The van der Waals surface area contributed by atoms with Gasteiger partial charge in [0, 0.05) is 27.7 Å². The quantitative estimate of drug-likeness (QED) is 0.486. The van der Waals surface area contributed by atoms with Crippen LogP contribution in [0.15, 0.2) is 60.8 Å². The lowest BCUT2D eigenvalue weighted by Gasteiger charge is -2.13. The molecule has 0 bridgehead atoms. The number of nitrogens with zero attached hydrogens (tertiary/aromatic N) is 2. The molecule has 0 saturated heterocycles. The van der Waals surface area contributed by atoms with Gasteiger partial charge >= 0.3 is 5.97 Å². The van der Waals surface area contributed by atoms with Crippen LogP contribution in [-0.2, 0) is 11.3 Å². The molecule has 7 heteroatoms. The number of halogens is 1. The Balaban J connectivity index is 1.51. The van der Waals surface area contributed by atoms with Gasteiger partial charge in [-0.2, -0.15) is 5.10 Å². The van der Waals surface area contributed by atoms with Crippen molar-refractivity contribution in [3.63, 3.8) is 0 Å². The van der Waals surface area contributed by atoms with E-state index >= 15 is 0 Å². The van der Waals surface area contributed by atoms with E-state index in [1.807, 2.05) is 61.5 Å². The SMILES string of the molecule is CC(Oc1ccc2c(ccn2CC(=O)O)c1)c1cc(-c2ccc(Cl)cc2)n[nH]1. The van der Waals surface area contributed by atoms with Gasteiger partial charge in [-0.25, -0.2) is 0 Å². The van der Waals surface area contributed by atoms with Gasteiger partial charge in [0.15, 0.2) is 0 Å². The Morgan fingerprint density at radius 2 is 2.00 bits per heavy atom. The highest BCUT2D eigenvalue weighted by atomic mass is 35.5. The predicted molar refractivity (Wildman–Crippen MR) is 108 cm³/mol. The Bertz CT molecular complexity index is 1130. The molecule has 0 amide bonds. The van der Waals surface area contributed by atoms with Gasteiger partial charge in [0.05, 0.1) is 11.4 Å². The molecule has 1 unspecified atom stereocenters. The lowest BCUT2D eigenvalue weighted by molar-refractivity contribution is -0.137. The Kier molecular flexibility index (Phi) is 4.79. The number of benzene rings is 2. The first kappa shape index (κ1) is 18.1. The minimum atomic E-state index is -0.873. The average Bonchev–Trinajstić information content (AvgIpc) is 3.30. The van der Waals surface area contributed by atoms with Crippen molar-refractivity contribution in [3.8, 4) is 17.0 Å². The molecule has 0 radical (unpaired) electrons. The normalized spacial score (nSPS) is 12.2. The van der Waals surface area contributed by atoms with Crippen LogP contribution in [0.4, 0.5) is 0 Å². The topological polar surface area (TPSA) is 80.1 Å². The molecule has 0 aliphatic rings. The van der Waals surface area contributed by atoms with Gasteiger partial charge in [-0.1, -0.05) is 23.7 Å². The first-order valence-electron chi connectivity index (χ1n) is 8.78. The van der Waals surface area contributed by atoms with Gasteiger partial charge in [0.1, 0.15) is 18.4 Å². The molecular weight excluding hydrogens is 378 g/mol. The van der Waals surface area contributed by atoms with E-state index in [9.17, 15) is 4.79 Å². The zero-order chi connectivity index (χ0) is 19.7. The third-order valence-electron chi connectivity index (χ3n) is 4.54. The zero-order valence-corrected chi connectivity index (χ0v) is 15.8. The molecule has 28 heavy (non-hydrogen) atoms. The van der Waals surface area contributed by atoms with Crippen LogP contribution in [0, 0.1) is 0 Å². The predicted octanol–water partition coefficient (Wildman–Crippen LogP) is 4.91. The molecule has 4 rings (SSSR count). The molecular formula is C21H18ClN3O3. The fraction of sp³-hybridized carbons (Fsp3) is 0.143. The number of rotatable bonds is 6. The Morgan fingerprint density at radius 1 is 1.21 bits per heavy atom. The van der Waals surface area contributed by atoms with Gasteiger partial charge in [0.2, 0.25) is 0 Å². The smallest absolute Gasteiger partial charge is 0.323 e. The van der Waals surface area contributed by atoms with Crippen LogP contribution < -0.4 is 4.74 Å². The van der Waals surface area contributed by atoms with E-state index in [4.69, 9.17) is 21.4 Å². The number of aliphatic carboxylic acids is 1. The minimum Gasteiger partial charge on any atom is -0.484 e. The number of H-pyrrole nitrogens is 1. The fourth-order valence-corrected chi connectivity index (χ4v) is 3.24. The van der Waals surface area contributed by atoms with Crippen LogP contribution in [0.25, 0.3) is 22.2 Å². The summed E-state index contributed by atoms with van der Waals surface area (Å²) in [5.74, 6) is -0.169. The molecule has 0 saturated carbocycles. The van der Waals surface area contributed by atoms with Crippen molar-refractivity contribution in [3.05, 3.63) is 71.5 Å². The van der Waals surface area contributed by atoms with Crippen molar-refractivity contribution >= 4 is 28.5 Å². The molecule has 2 aromatic carbocycles. The van der Waals surface area contributed by atoms with Crippen molar-refractivity contribution in [2.24, 2.45) is 0 Å². The van der Waals surface area contributed by atoms with Crippen molar-refractivity contribution < 1.29 is 14.6 Å². The Morgan fingerprint density at radius 3 is 2.75 bits per heavy atom. The lowest BCUT2D eigenvalue weighted by atomic mass is 10.1. The summed E-state index contributed by atoms with van der Waals surface area (Å²) >= 11 is 5.93. The number of ether oxygens (including phenoxy) is 1. The van der Waals surface area contributed by atoms with E-state index < -0.39 is 5.97 Å². The fourth-order valence-electron chi connectivity index (χ4n) is 3.12. The molecule has 1 atom stereocenters. The van der Waals surface area contributed by atoms with Crippen molar-refractivity contribution in [2.75, 3.05) is 0 Å². The summed E-state index contributed by atoms with van der Waals surface area (Å²) in [4.78, 5) is 10.9. The van der Waals surface area contributed by atoms with E-state index in [1.54, 1.807) is 10.8 Å². The van der Waals surface area contributed by atoms with Crippen LogP contribution in [0.3, 0.4) is 0 Å². The van der Waals surface area contributed by atoms with Gasteiger partial charge in [0.25, 0.3) is 0 Å². The number of carboxylic acid groups (broad SMARTS) is 1. The zero-order valence-electron chi connectivity index (χ0n) is 15.1. The van der Waals surface area contributed by atoms with E-state index in [0.29, 0.717) is 10.8 Å². The molecule has 2 heterocycles. The molecule has 4 aromatic rings. The van der Waals surface area contributed by atoms with Gasteiger partial charge in [-0.3, -0.25) is 9.89 Å². The summed E-state index contributed by atoms with van der Waals surface area (Å²) in [7, 11) is 0. The first-order valence-corrected chi connectivity index (χ1v) is 9.16. The summed E-state index contributed by atoms with van der Waals surface area (Å²) in [5.41, 5.74) is 3.51. The second kappa shape index (κ2) is 7.40. The van der Waals surface area contributed by atoms with Crippen LogP contribution >= 0.6 is 11.6 Å². The van der Waals surface area contributed by atoms with Gasteiger partial charge in [-0.05, 0) is 49.4 Å². The first-order chi connectivity index (χ1) is 13.5. The summed E-state index contributed by atoms with van der Waals surface area (Å²) in [5, 5.41) is 18.0. The molecule has 0 aliphatic heterocycles. The number of aromatic amines is 1. The number of carbonyl (C=O) groups is 1. The van der Waals surface area contributed by atoms with Crippen molar-refractivity contribution in [2.45, 2.75) is 19.6 Å². The van der Waals surface area contributed by atoms with Crippen LogP contribution in [0.2, 0.25) is 5.02 Å². The van der Waals surface area contributed by atoms with Crippen molar-refractivity contribution in [1.29, 1.82) is 0 Å². The maximum atomic E-state index is 10.9. The molecule has 2 aromatic heterocycles. The summed E-state index contributed by atoms with van der Waals surface area (Å²) in [6.07, 6.45) is 1.53. The largest absolute Gasteiger partial charge is 0.484 e. The Labute approximate surface area is 166 Å². The van der Waals surface area contributed by atoms with Crippen LogP contribution in [0.5, 0.6) is 5.75 Å². The Hall–Kier alpha value is -3.25. The number of aromatic nitrogens is 3. The van der Waals surface area contributed by atoms with Crippen molar-refractivity contribution in [1.82, 2.24) is 14.8 Å². The molecule has 0 aliphatic carbocycles. The number of hydrogen-bond acceptors (Lipinski definition) is 3. The lowest BCUT2D eigenvalue weighted by Crippen LogP contribution is -2.07. The molecule has 0 spiro atoms. The van der Waals surface area contributed by atoms with Crippen LogP contribution in [0.1, 0.15) is 18.7 Å². The monoisotopic (exact) mass is 395 g/mol. The minimum absolute atomic E-state index is 0.0677. The maximum Gasteiger partial charge on any atom is 0.323 e. The highest BCUT2D eigenvalue weighted by Gasteiger charge is 2.13. The molecule has 0 fully saturated rings. The number of hydrogen-bond donors (Lipinski definition) is 2. The van der Waals surface area contributed by atoms with E-state index in [0.717, 1.165) is 27.9 Å². The van der Waals surface area contributed by atoms with E-state index in [-0.39, 0.29) is 12.6 Å². The van der Waals surface area contributed by atoms with Crippen LogP contribution in [-0.4, -0.2) is 25.8 Å². The van der Waals surface area contributed by atoms with Gasteiger partial charge in [-0.15, -0.1) is 0 Å². The number of carboxylic acids is 1. The van der Waals surface area contributed by atoms with E-state index in [2.05, 4.69) is 10.2 Å². The highest BCUT2D eigenvalue weighted by Crippen LogP contribution is 2.28. The third kappa shape index (κ3) is 3.73. The summed E-state index contributed by atoms with van der Waals surface area (Å²) in [6, 6.07) is 16.9. The van der Waals surface area contributed by atoms with Gasteiger partial charge < -0.3 is 14.4 Å². The second-order valence-electron chi connectivity index (χ2n) is 6.53. The number of fused-ring (bicyclic) bond motifs is 1. The number of nitrogens with one attached hydrogen (secondary N) is 1. The third-order valence-corrected chi connectivity index (χ3v) is 4.79. The summed E-state index contributed by atoms with van der Waals surface area (Å²) < 4.78 is 7.74. The molecule has 6 nitrogen and oxygen atoms in total. The van der Waals surface area contributed by atoms with E-state index in [1.165, 1.54) is 0 Å². The maximum absolute atomic E-state index is 10.9.